The molecule has 0 saturated heterocycles. The summed E-state index contributed by atoms with van der Waals surface area (Å²) in [5.41, 5.74) is 8.28. The normalized spacial score (nSPS) is 20.3. The molecule has 1 aliphatic carbocycles. The molecular formula is C17H20Cl2N7+. The van der Waals surface area contributed by atoms with Gasteiger partial charge in [0.05, 0.1) is 10.0 Å². The van der Waals surface area contributed by atoms with Crippen molar-refractivity contribution in [2.24, 2.45) is 5.73 Å². The standard InChI is InChI=1S/C17H19Cl2N7/c18-12-6-5-11(7-13(12)19)23-16-14-15(22-8-21-14)25-17(26-16)24-10-3-1-9(20)2-4-10/h5-10H,1-4,20H2,(H3,21,22,23,24,25,26)/p+1. The first-order valence-corrected chi connectivity index (χ1v) is 9.35. The number of H-pyrrole nitrogens is 2. The fraction of sp³-hybridized carbons (Fsp3) is 0.353. The Balaban J connectivity index is 1.61. The average Bonchev–Trinajstić information content (AvgIpc) is 3.09. The van der Waals surface area contributed by atoms with Gasteiger partial charge in [-0.05, 0) is 43.9 Å². The van der Waals surface area contributed by atoms with Crippen LogP contribution in [0.2, 0.25) is 10.0 Å². The number of anilines is 3. The Bertz CT molecular complexity index is 919. The van der Waals surface area contributed by atoms with Crippen LogP contribution in [0.3, 0.4) is 0 Å². The number of hydrogen-bond donors (Lipinski definition) is 4. The number of nitrogens with zero attached hydrogens (tertiary/aromatic N) is 2. The van der Waals surface area contributed by atoms with E-state index in [4.69, 9.17) is 28.9 Å². The zero-order chi connectivity index (χ0) is 18.1. The maximum absolute atomic E-state index is 6.11. The molecular weight excluding hydrogens is 373 g/mol. The van der Waals surface area contributed by atoms with E-state index in [9.17, 15) is 0 Å². The topological polar surface area (TPSA) is 106 Å². The van der Waals surface area contributed by atoms with Gasteiger partial charge in [-0.15, -0.1) is 0 Å². The van der Waals surface area contributed by atoms with Gasteiger partial charge in [-0.3, -0.25) is 4.98 Å². The molecule has 1 fully saturated rings. The van der Waals surface area contributed by atoms with Crippen LogP contribution in [0.15, 0.2) is 24.5 Å². The molecule has 1 aliphatic rings. The van der Waals surface area contributed by atoms with Crippen molar-refractivity contribution >= 4 is 51.8 Å². The summed E-state index contributed by atoms with van der Waals surface area (Å²) in [5, 5.41) is 7.71. The second-order valence-electron chi connectivity index (χ2n) is 6.56. The van der Waals surface area contributed by atoms with Gasteiger partial charge >= 0.3 is 11.6 Å². The molecule has 0 unspecified atom stereocenters. The summed E-state index contributed by atoms with van der Waals surface area (Å²) in [5.74, 6) is 1.24. The Labute approximate surface area is 160 Å². The minimum absolute atomic E-state index is 0.307. The van der Waals surface area contributed by atoms with E-state index >= 15 is 0 Å². The van der Waals surface area contributed by atoms with E-state index in [2.05, 4.69) is 30.6 Å². The lowest BCUT2D eigenvalue weighted by Crippen LogP contribution is -2.33. The zero-order valence-corrected chi connectivity index (χ0v) is 15.5. The minimum atomic E-state index is 0.307. The third-order valence-corrected chi connectivity index (χ3v) is 5.36. The van der Waals surface area contributed by atoms with Gasteiger partial charge in [0.1, 0.15) is 0 Å². The summed E-state index contributed by atoms with van der Waals surface area (Å²) in [7, 11) is 0. The van der Waals surface area contributed by atoms with E-state index in [1.54, 1.807) is 18.5 Å². The van der Waals surface area contributed by atoms with Gasteiger partial charge in [-0.1, -0.05) is 28.2 Å². The summed E-state index contributed by atoms with van der Waals surface area (Å²) in [6.45, 7) is 0. The quantitative estimate of drug-likeness (QED) is 0.543. The molecule has 0 spiro atoms. The Morgan fingerprint density at radius 3 is 2.69 bits per heavy atom. The van der Waals surface area contributed by atoms with Crippen LogP contribution in [0, 0.1) is 0 Å². The van der Waals surface area contributed by atoms with Crippen molar-refractivity contribution in [2.45, 2.75) is 37.8 Å². The van der Waals surface area contributed by atoms with Crippen molar-refractivity contribution in [2.75, 3.05) is 10.6 Å². The molecule has 0 amide bonds. The van der Waals surface area contributed by atoms with Crippen LogP contribution in [-0.4, -0.2) is 27.0 Å². The number of rotatable bonds is 4. The number of imidazole rings is 1. The minimum Gasteiger partial charge on any atom is -0.337 e. The van der Waals surface area contributed by atoms with E-state index < -0.39 is 0 Å². The van der Waals surface area contributed by atoms with Crippen molar-refractivity contribution in [3.63, 3.8) is 0 Å². The number of hydrogen-bond acceptors (Lipinski definition) is 5. The number of nitrogens with one attached hydrogen (secondary N) is 4. The third kappa shape index (κ3) is 3.70. The number of nitrogens with two attached hydrogens (primary N) is 1. The van der Waals surface area contributed by atoms with E-state index in [0.717, 1.165) is 42.5 Å². The molecule has 4 rings (SSSR count). The Morgan fingerprint density at radius 1 is 1.12 bits per heavy atom. The number of benzene rings is 1. The zero-order valence-electron chi connectivity index (χ0n) is 14.0. The Kier molecular flexibility index (Phi) is 4.84. The second-order valence-corrected chi connectivity index (χ2v) is 7.38. The molecule has 9 heteroatoms. The highest BCUT2D eigenvalue weighted by Gasteiger charge is 2.22. The van der Waals surface area contributed by atoms with Gasteiger partial charge in [0.25, 0.3) is 0 Å². The first kappa shape index (κ1) is 17.3. The van der Waals surface area contributed by atoms with Crippen LogP contribution >= 0.6 is 23.2 Å². The first-order chi connectivity index (χ1) is 12.6. The van der Waals surface area contributed by atoms with Gasteiger partial charge in [-0.25, -0.2) is 4.98 Å². The number of fused-ring (bicyclic) bond motifs is 1. The largest absolute Gasteiger partial charge is 0.337 e. The van der Waals surface area contributed by atoms with Crippen molar-refractivity contribution in [3.8, 4) is 0 Å². The summed E-state index contributed by atoms with van der Waals surface area (Å²) in [4.78, 5) is 15.4. The highest BCUT2D eigenvalue weighted by Crippen LogP contribution is 2.28. The SMILES string of the molecule is NC1CCC(Nc2nc(Nc3ccc(Cl)c(Cl)c3)c3[nH]c[nH+]c3n2)CC1. The van der Waals surface area contributed by atoms with Crippen LogP contribution in [0.5, 0.6) is 0 Å². The van der Waals surface area contributed by atoms with Gasteiger partial charge in [-0.2, -0.15) is 4.98 Å². The van der Waals surface area contributed by atoms with E-state index in [1.807, 2.05) is 6.07 Å². The number of halogens is 2. The Morgan fingerprint density at radius 2 is 1.92 bits per heavy atom. The van der Waals surface area contributed by atoms with E-state index in [1.165, 1.54) is 0 Å². The fourth-order valence-corrected chi connectivity index (χ4v) is 3.49. The molecule has 26 heavy (non-hydrogen) atoms. The average molecular weight is 393 g/mol. The van der Waals surface area contributed by atoms with Gasteiger partial charge < -0.3 is 16.4 Å². The maximum Gasteiger partial charge on any atom is 0.307 e. The molecule has 1 aromatic carbocycles. The summed E-state index contributed by atoms with van der Waals surface area (Å²) >= 11 is 12.1. The lowest BCUT2D eigenvalue weighted by atomic mass is 9.92. The Hall–Kier alpha value is -2.09. The summed E-state index contributed by atoms with van der Waals surface area (Å²) < 4.78 is 0. The molecule has 2 heterocycles. The highest BCUT2D eigenvalue weighted by molar-refractivity contribution is 6.42. The van der Waals surface area contributed by atoms with Crippen LogP contribution in [-0.2, 0) is 0 Å². The molecule has 0 atom stereocenters. The van der Waals surface area contributed by atoms with Gasteiger partial charge in [0.15, 0.2) is 12.1 Å². The van der Waals surface area contributed by atoms with Crippen LogP contribution in [0.1, 0.15) is 25.7 Å². The van der Waals surface area contributed by atoms with Gasteiger partial charge in [0.2, 0.25) is 5.52 Å². The number of aromatic amines is 2. The lowest BCUT2D eigenvalue weighted by molar-refractivity contribution is -0.347. The molecule has 1 saturated carbocycles. The molecule has 7 nitrogen and oxygen atoms in total. The molecule has 0 radical (unpaired) electrons. The molecule has 0 aliphatic heterocycles. The van der Waals surface area contributed by atoms with Crippen molar-refractivity contribution in [3.05, 3.63) is 34.6 Å². The monoisotopic (exact) mass is 392 g/mol. The van der Waals surface area contributed by atoms with Crippen molar-refractivity contribution < 1.29 is 4.98 Å². The fourth-order valence-electron chi connectivity index (χ4n) is 3.19. The smallest absolute Gasteiger partial charge is 0.307 e. The summed E-state index contributed by atoms with van der Waals surface area (Å²) in [6, 6.07) is 6.01. The molecule has 3 aromatic rings. The van der Waals surface area contributed by atoms with Gasteiger partial charge in [0, 0.05) is 17.8 Å². The summed E-state index contributed by atoms with van der Waals surface area (Å²) in [6.07, 6.45) is 5.81. The molecule has 136 valence electrons. The third-order valence-electron chi connectivity index (χ3n) is 4.62. The molecule has 6 N–H and O–H groups in total. The second kappa shape index (κ2) is 7.26. The molecule has 2 aromatic heterocycles. The molecule has 0 bridgehead atoms. The van der Waals surface area contributed by atoms with Crippen molar-refractivity contribution in [1.82, 2.24) is 15.0 Å². The van der Waals surface area contributed by atoms with Crippen LogP contribution in [0.4, 0.5) is 17.5 Å². The van der Waals surface area contributed by atoms with E-state index in [-0.39, 0.29) is 0 Å². The predicted molar refractivity (Wildman–Crippen MR) is 104 cm³/mol. The maximum atomic E-state index is 6.11. The van der Waals surface area contributed by atoms with E-state index in [0.29, 0.717) is 33.9 Å². The number of aromatic nitrogens is 4. The highest BCUT2D eigenvalue weighted by atomic mass is 35.5. The van der Waals surface area contributed by atoms with Crippen LogP contribution in [0.25, 0.3) is 11.2 Å². The lowest BCUT2D eigenvalue weighted by Gasteiger charge is -2.26. The van der Waals surface area contributed by atoms with Crippen LogP contribution < -0.4 is 21.4 Å². The van der Waals surface area contributed by atoms with Crippen molar-refractivity contribution in [1.29, 1.82) is 0 Å². The predicted octanol–water partition coefficient (Wildman–Crippen LogP) is 3.50. The first-order valence-electron chi connectivity index (χ1n) is 8.59.